The molecule has 0 unspecified atom stereocenters. The van der Waals surface area contributed by atoms with E-state index in [9.17, 15) is 4.79 Å². The molecule has 0 aliphatic rings. The number of amides is 1. The maximum absolute atomic E-state index is 12.3. The normalized spacial score (nSPS) is 10.5. The Hall–Kier alpha value is -2.75. The van der Waals surface area contributed by atoms with Gasteiger partial charge in [0.25, 0.3) is 5.91 Å². The van der Waals surface area contributed by atoms with Crippen molar-refractivity contribution < 1.29 is 4.79 Å². The van der Waals surface area contributed by atoms with Gasteiger partial charge in [0.1, 0.15) is 0 Å². The van der Waals surface area contributed by atoms with Gasteiger partial charge in [-0.2, -0.15) is 0 Å². The molecule has 0 aliphatic carbocycles. The first-order valence-electron chi connectivity index (χ1n) is 6.74. The number of carbonyl (C=O) groups excluding carboxylic acids is 1. The van der Waals surface area contributed by atoms with E-state index in [1.54, 1.807) is 24.3 Å². The molecule has 0 saturated carbocycles. The Morgan fingerprint density at radius 1 is 1.00 bits per heavy atom. The highest BCUT2D eigenvalue weighted by molar-refractivity contribution is 5.94. The van der Waals surface area contributed by atoms with Gasteiger partial charge in [-0.05, 0) is 29.8 Å². The summed E-state index contributed by atoms with van der Waals surface area (Å²) in [6.45, 7) is 0.542. The molecule has 0 radical (unpaired) electrons. The second kappa shape index (κ2) is 5.71. The zero-order valence-electron chi connectivity index (χ0n) is 11.7. The molecule has 1 amide bonds. The van der Waals surface area contributed by atoms with Gasteiger partial charge in [-0.25, -0.2) is 0 Å². The van der Waals surface area contributed by atoms with Crippen molar-refractivity contribution in [1.29, 1.82) is 0 Å². The molecule has 3 aromatic rings. The predicted octanol–water partition coefficient (Wildman–Crippen LogP) is 2.90. The van der Waals surface area contributed by atoms with Crippen molar-refractivity contribution in [2.24, 2.45) is 0 Å². The topological polar surface area (TPSA) is 46.1 Å². The van der Waals surface area contributed by atoms with Crippen molar-refractivity contribution in [3.05, 3.63) is 72.1 Å². The van der Waals surface area contributed by atoms with Gasteiger partial charge >= 0.3 is 0 Å². The summed E-state index contributed by atoms with van der Waals surface area (Å²) in [4.78, 5) is 22.5. The lowest BCUT2D eigenvalue weighted by Crippen LogP contribution is -2.26. The third-order valence-electron chi connectivity index (χ3n) is 3.32. The van der Waals surface area contributed by atoms with E-state index in [-0.39, 0.29) is 5.91 Å². The molecule has 0 spiro atoms. The standard InChI is InChI=1S/C17H15N3O/c1-20(17(21)14-5-3-2-4-6-14)12-13-7-8-15-16(11-13)19-10-9-18-15/h2-11H,12H2,1H3. The van der Waals surface area contributed by atoms with Crippen LogP contribution >= 0.6 is 0 Å². The monoisotopic (exact) mass is 277 g/mol. The summed E-state index contributed by atoms with van der Waals surface area (Å²) in [5, 5.41) is 0. The fraction of sp³-hybridized carbons (Fsp3) is 0.118. The van der Waals surface area contributed by atoms with E-state index in [2.05, 4.69) is 9.97 Å². The van der Waals surface area contributed by atoms with Gasteiger partial charge in [0, 0.05) is 31.5 Å². The predicted molar refractivity (Wildman–Crippen MR) is 81.8 cm³/mol. The van der Waals surface area contributed by atoms with Crippen LogP contribution in [0.2, 0.25) is 0 Å². The lowest BCUT2D eigenvalue weighted by atomic mass is 10.1. The second-order valence-corrected chi connectivity index (χ2v) is 4.91. The average Bonchev–Trinajstić information content (AvgIpc) is 2.55. The number of hydrogen-bond donors (Lipinski definition) is 0. The first-order valence-corrected chi connectivity index (χ1v) is 6.74. The van der Waals surface area contributed by atoms with E-state index in [1.807, 2.05) is 48.5 Å². The van der Waals surface area contributed by atoms with Crippen LogP contribution in [0.5, 0.6) is 0 Å². The molecular weight excluding hydrogens is 262 g/mol. The summed E-state index contributed by atoms with van der Waals surface area (Å²) in [5.74, 6) is 0.00911. The average molecular weight is 277 g/mol. The smallest absolute Gasteiger partial charge is 0.253 e. The molecule has 104 valence electrons. The molecule has 3 rings (SSSR count). The Kier molecular flexibility index (Phi) is 3.60. The molecule has 21 heavy (non-hydrogen) atoms. The zero-order valence-corrected chi connectivity index (χ0v) is 11.7. The van der Waals surface area contributed by atoms with E-state index >= 15 is 0 Å². The minimum atomic E-state index is 0.00911. The van der Waals surface area contributed by atoms with E-state index in [4.69, 9.17) is 0 Å². The SMILES string of the molecule is CN(Cc1ccc2nccnc2c1)C(=O)c1ccccc1. The maximum Gasteiger partial charge on any atom is 0.253 e. The second-order valence-electron chi connectivity index (χ2n) is 4.91. The van der Waals surface area contributed by atoms with Gasteiger partial charge in [0.15, 0.2) is 0 Å². The van der Waals surface area contributed by atoms with Crippen molar-refractivity contribution in [1.82, 2.24) is 14.9 Å². The molecular formula is C17H15N3O. The van der Waals surface area contributed by atoms with Crippen LogP contribution in [0.1, 0.15) is 15.9 Å². The first-order chi connectivity index (χ1) is 10.2. The summed E-state index contributed by atoms with van der Waals surface area (Å²) in [5.41, 5.74) is 3.43. The Balaban J connectivity index is 1.80. The van der Waals surface area contributed by atoms with Gasteiger partial charge < -0.3 is 4.90 Å². The third kappa shape index (κ3) is 2.89. The molecule has 0 N–H and O–H groups in total. The van der Waals surface area contributed by atoms with Crippen LogP contribution in [0.25, 0.3) is 11.0 Å². The molecule has 4 nitrogen and oxygen atoms in total. The Labute approximate surface area is 123 Å². The van der Waals surface area contributed by atoms with Gasteiger partial charge in [-0.1, -0.05) is 24.3 Å². The molecule has 0 atom stereocenters. The van der Waals surface area contributed by atoms with Gasteiger partial charge in [0.2, 0.25) is 0 Å². The highest BCUT2D eigenvalue weighted by Crippen LogP contribution is 2.13. The lowest BCUT2D eigenvalue weighted by molar-refractivity contribution is 0.0785. The lowest BCUT2D eigenvalue weighted by Gasteiger charge is -2.17. The van der Waals surface area contributed by atoms with Crippen LogP contribution < -0.4 is 0 Å². The summed E-state index contributed by atoms with van der Waals surface area (Å²) >= 11 is 0. The quantitative estimate of drug-likeness (QED) is 0.739. The van der Waals surface area contributed by atoms with Crippen LogP contribution in [0.15, 0.2) is 60.9 Å². The first kappa shape index (κ1) is 13.2. The fourth-order valence-electron chi connectivity index (χ4n) is 2.25. The highest BCUT2D eigenvalue weighted by Gasteiger charge is 2.11. The van der Waals surface area contributed by atoms with E-state index in [0.717, 1.165) is 16.6 Å². The minimum absolute atomic E-state index is 0.00911. The van der Waals surface area contributed by atoms with Crippen LogP contribution in [-0.2, 0) is 6.54 Å². The molecule has 1 aromatic heterocycles. The van der Waals surface area contributed by atoms with Gasteiger partial charge in [-0.3, -0.25) is 14.8 Å². The maximum atomic E-state index is 12.3. The van der Waals surface area contributed by atoms with Crippen molar-refractivity contribution >= 4 is 16.9 Å². The fourth-order valence-corrected chi connectivity index (χ4v) is 2.25. The Morgan fingerprint density at radius 3 is 2.48 bits per heavy atom. The number of nitrogens with zero attached hydrogens (tertiary/aromatic N) is 3. The van der Waals surface area contributed by atoms with Gasteiger partial charge in [-0.15, -0.1) is 0 Å². The molecule has 0 saturated heterocycles. The summed E-state index contributed by atoms with van der Waals surface area (Å²) < 4.78 is 0. The van der Waals surface area contributed by atoms with Crippen LogP contribution in [0.4, 0.5) is 0 Å². The third-order valence-corrected chi connectivity index (χ3v) is 3.32. The summed E-state index contributed by atoms with van der Waals surface area (Å²) in [6.07, 6.45) is 3.35. The molecule has 2 aromatic carbocycles. The van der Waals surface area contributed by atoms with E-state index in [1.165, 1.54) is 0 Å². The number of carbonyl (C=O) groups is 1. The van der Waals surface area contributed by atoms with Crippen LogP contribution in [0, 0.1) is 0 Å². The minimum Gasteiger partial charge on any atom is -0.337 e. The molecule has 1 heterocycles. The number of fused-ring (bicyclic) bond motifs is 1. The number of rotatable bonds is 3. The Bertz CT molecular complexity index is 771. The molecule has 4 heteroatoms. The van der Waals surface area contributed by atoms with Gasteiger partial charge in [0.05, 0.1) is 11.0 Å². The van der Waals surface area contributed by atoms with Crippen LogP contribution in [0.3, 0.4) is 0 Å². The molecule has 0 fully saturated rings. The van der Waals surface area contributed by atoms with E-state index < -0.39 is 0 Å². The van der Waals surface area contributed by atoms with Crippen molar-refractivity contribution in [2.75, 3.05) is 7.05 Å². The van der Waals surface area contributed by atoms with Crippen molar-refractivity contribution in [3.8, 4) is 0 Å². The number of aromatic nitrogens is 2. The largest absolute Gasteiger partial charge is 0.337 e. The number of benzene rings is 2. The summed E-state index contributed by atoms with van der Waals surface area (Å²) in [6, 6.07) is 15.2. The molecule has 0 aliphatic heterocycles. The highest BCUT2D eigenvalue weighted by atomic mass is 16.2. The van der Waals surface area contributed by atoms with Crippen molar-refractivity contribution in [2.45, 2.75) is 6.54 Å². The van der Waals surface area contributed by atoms with E-state index in [0.29, 0.717) is 12.1 Å². The Morgan fingerprint density at radius 2 is 1.71 bits per heavy atom. The summed E-state index contributed by atoms with van der Waals surface area (Å²) in [7, 11) is 1.80. The van der Waals surface area contributed by atoms with Crippen LogP contribution in [-0.4, -0.2) is 27.8 Å². The number of hydrogen-bond acceptors (Lipinski definition) is 3. The zero-order chi connectivity index (χ0) is 14.7. The molecule has 0 bridgehead atoms. The van der Waals surface area contributed by atoms with Crippen molar-refractivity contribution in [3.63, 3.8) is 0 Å².